The Morgan fingerprint density at radius 3 is 2.65 bits per heavy atom. The quantitative estimate of drug-likeness (QED) is 0.289. The van der Waals surface area contributed by atoms with Crippen LogP contribution in [0.15, 0.2) is 12.1 Å². The summed E-state index contributed by atoms with van der Waals surface area (Å²) in [4.78, 5) is 13.4. The van der Waals surface area contributed by atoms with Crippen molar-refractivity contribution in [2.24, 2.45) is 11.8 Å². The van der Waals surface area contributed by atoms with Crippen LogP contribution >= 0.6 is 22.9 Å². The van der Waals surface area contributed by atoms with Crippen molar-refractivity contribution in [1.29, 1.82) is 0 Å². The Balaban J connectivity index is 1.78. The van der Waals surface area contributed by atoms with Gasteiger partial charge < -0.3 is 9.84 Å². The molecule has 0 saturated heterocycles. The predicted octanol–water partition coefficient (Wildman–Crippen LogP) is 5.82. The number of aliphatic hydroxyl groups is 1. The second kappa shape index (κ2) is 11.3. The Morgan fingerprint density at radius 2 is 1.92 bits per heavy atom. The maximum atomic E-state index is 11.5. The van der Waals surface area contributed by atoms with Crippen LogP contribution in [0.1, 0.15) is 79.3 Å². The number of carbonyl (C=O) groups is 1. The van der Waals surface area contributed by atoms with E-state index in [1.54, 1.807) is 0 Å². The van der Waals surface area contributed by atoms with Gasteiger partial charge in [0.2, 0.25) is 0 Å². The largest absolute Gasteiger partial charge is 0.465 e. The summed E-state index contributed by atoms with van der Waals surface area (Å²) in [5, 5.41) is 10.5. The molecule has 1 saturated carbocycles. The van der Waals surface area contributed by atoms with Crippen LogP contribution in [-0.2, 0) is 11.2 Å². The van der Waals surface area contributed by atoms with E-state index in [0.29, 0.717) is 16.7 Å². The Hall–Kier alpha value is -0.580. The Bertz CT molecular complexity index is 545. The summed E-state index contributed by atoms with van der Waals surface area (Å²) in [6, 6.07) is 3.86. The molecule has 4 atom stereocenters. The fraction of sp³-hybridized carbons (Fsp3) is 0.762. The molecule has 0 aliphatic heterocycles. The molecule has 1 aliphatic carbocycles. The lowest BCUT2D eigenvalue weighted by Crippen LogP contribution is -2.21. The van der Waals surface area contributed by atoms with Crippen LogP contribution in [0.4, 0.5) is 0 Å². The summed E-state index contributed by atoms with van der Waals surface area (Å²) in [6.45, 7) is 2.23. The number of rotatable bonds is 11. The van der Waals surface area contributed by atoms with Gasteiger partial charge in [0.05, 0.1) is 13.2 Å². The van der Waals surface area contributed by atoms with E-state index >= 15 is 0 Å². The third-order valence-electron chi connectivity index (χ3n) is 5.63. The van der Waals surface area contributed by atoms with Gasteiger partial charge in [-0.3, -0.25) is 0 Å². The van der Waals surface area contributed by atoms with Gasteiger partial charge in [-0.2, -0.15) is 0 Å². The topological polar surface area (TPSA) is 46.5 Å². The van der Waals surface area contributed by atoms with Gasteiger partial charge in [0, 0.05) is 10.3 Å². The van der Waals surface area contributed by atoms with Crippen molar-refractivity contribution in [3.63, 3.8) is 0 Å². The smallest absolute Gasteiger partial charge is 0.348 e. The third-order valence-corrected chi connectivity index (χ3v) is 7.25. The normalized spacial score (nSPS) is 25.5. The minimum atomic E-state index is -0.260. The second-order valence-corrected chi connectivity index (χ2v) is 9.23. The maximum absolute atomic E-state index is 11.5. The van der Waals surface area contributed by atoms with Gasteiger partial charge >= 0.3 is 5.97 Å². The van der Waals surface area contributed by atoms with E-state index in [4.69, 9.17) is 16.3 Å². The SMILES string of the molecule is CCCCCCC[C@@H]1[C@@H](CCCc2ccc(C(=O)OC)s2)[C@H](Cl)C[C@H]1O. The van der Waals surface area contributed by atoms with E-state index in [-0.39, 0.29) is 17.5 Å². The van der Waals surface area contributed by atoms with Gasteiger partial charge in [-0.1, -0.05) is 39.0 Å². The molecule has 1 aromatic rings. The number of unbranched alkanes of at least 4 members (excludes halogenated alkanes) is 4. The molecular formula is C21H33ClO3S. The molecule has 0 spiro atoms. The molecule has 1 heterocycles. The number of aliphatic hydroxyl groups excluding tert-OH is 1. The number of ether oxygens (including phenoxy) is 1. The lowest BCUT2D eigenvalue weighted by atomic mass is 9.86. The minimum absolute atomic E-state index is 0.0969. The molecule has 3 nitrogen and oxygen atoms in total. The average Bonchev–Trinajstić information content (AvgIpc) is 3.20. The Morgan fingerprint density at radius 1 is 1.19 bits per heavy atom. The summed E-state index contributed by atoms with van der Waals surface area (Å²) in [5.74, 6) is 0.509. The molecule has 0 bridgehead atoms. The van der Waals surface area contributed by atoms with Gasteiger partial charge in [0.1, 0.15) is 4.88 Å². The van der Waals surface area contributed by atoms with Gasteiger partial charge in [-0.15, -0.1) is 22.9 Å². The molecule has 26 heavy (non-hydrogen) atoms. The Labute approximate surface area is 167 Å². The van der Waals surface area contributed by atoms with E-state index in [2.05, 4.69) is 6.92 Å². The lowest BCUT2D eigenvalue weighted by molar-refractivity contribution is 0.0606. The van der Waals surface area contributed by atoms with Crippen LogP contribution in [-0.4, -0.2) is 29.7 Å². The first-order valence-electron chi connectivity index (χ1n) is 10.1. The molecule has 5 heteroatoms. The number of methoxy groups -OCH3 is 1. The molecule has 148 valence electrons. The summed E-state index contributed by atoms with van der Waals surface area (Å²) in [5.41, 5.74) is 0. The van der Waals surface area contributed by atoms with Crippen LogP contribution in [0.2, 0.25) is 0 Å². The number of halogens is 1. The Kier molecular flexibility index (Phi) is 9.44. The van der Waals surface area contributed by atoms with E-state index in [0.717, 1.165) is 32.1 Å². The van der Waals surface area contributed by atoms with Gasteiger partial charge in [0.15, 0.2) is 0 Å². The van der Waals surface area contributed by atoms with Gasteiger partial charge in [-0.05, 0) is 56.1 Å². The maximum Gasteiger partial charge on any atom is 0.348 e. The minimum Gasteiger partial charge on any atom is -0.465 e. The summed E-state index contributed by atoms with van der Waals surface area (Å²) in [6.07, 6.45) is 11.0. The molecule has 0 aromatic carbocycles. The highest BCUT2D eigenvalue weighted by atomic mass is 35.5. The van der Waals surface area contributed by atoms with E-state index in [1.165, 1.54) is 55.4 Å². The van der Waals surface area contributed by atoms with Gasteiger partial charge in [0.25, 0.3) is 0 Å². The summed E-state index contributed by atoms with van der Waals surface area (Å²) < 4.78 is 4.76. The third kappa shape index (κ3) is 6.24. The summed E-state index contributed by atoms with van der Waals surface area (Å²) in [7, 11) is 1.41. The lowest BCUT2D eigenvalue weighted by Gasteiger charge is -2.23. The molecule has 1 fully saturated rings. The zero-order chi connectivity index (χ0) is 18.9. The molecule has 0 unspecified atom stereocenters. The van der Waals surface area contributed by atoms with Crippen molar-refractivity contribution in [2.45, 2.75) is 82.6 Å². The number of hydrogen-bond acceptors (Lipinski definition) is 4. The standard InChI is InChI=1S/C21H33ClO3S/c1-3-4-5-6-7-10-17-16(18(22)14-19(17)23)11-8-9-15-12-13-20(26-15)21(24)25-2/h12-13,16-19,23H,3-11,14H2,1-2H3/t16-,17-,18-,19-/m1/s1. The van der Waals surface area contributed by atoms with Crippen molar-refractivity contribution in [3.05, 3.63) is 21.9 Å². The first kappa shape index (κ1) is 21.7. The molecule has 1 aliphatic rings. The van der Waals surface area contributed by atoms with Crippen molar-refractivity contribution in [2.75, 3.05) is 7.11 Å². The first-order valence-corrected chi connectivity index (χ1v) is 11.3. The highest BCUT2D eigenvalue weighted by Gasteiger charge is 2.40. The molecule has 0 radical (unpaired) electrons. The van der Waals surface area contributed by atoms with Crippen molar-refractivity contribution in [1.82, 2.24) is 0 Å². The summed E-state index contributed by atoms with van der Waals surface area (Å²) >= 11 is 8.07. The number of thiophene rings is 1. The van der Waals surface area contributed by atoms with E-state index < -0.39 is 0 Å². The van der Waals surface area contributed by atoms with Crippen LogP contribution in [0, 0.1) is 11.8 Å². The van der Waals surface area contributed by atoms with E-state index in [1.807, 2.05) is 12.1 Å². The number of carbonyl (C=O) groups excluding carboxylic acids is 1. The number of alkyl halides is 1. The number of esters is 1. The van der Waals surface area contributed by atoms with Gasteiger partial charge in [-0.25, -0.2) is 4.79 Å². The molecule has 1 N–H and O–H groups in total. The second-order valence-electron chi connectivity index (χ2n) is 7.50. The average molecular weight is 401 g/mol. The van der Waals surface area contributed by atoms with Crippen LogP contribution in [0.5, 0.6) is 0 Å². The first-order chi connectivity index (χ1) is 12.6. The molecule has 0 amide bonds. The van der Waals surface area contributed by atoms with Crippen molar-refractivity contribution >= 4 is 28.9 Å². The zero-order valence-electron chi connectivity index (χ0n) is 16.1. The molecular weight excluding hydrogens is 368 g/mol. The zero-order valence-corrected chi connectivity index (χ0v) is 17.7. The molecule has 1 aromatic heterocycles. The fourth-order valence-electron chi connectivity index (χ4n) is 4.15. The van der Waals surface area contributed by atoms with Crippen molar-refractivity contribution < 1.29 is 14.6 Å². The van der Waals surface area contributed by atoms with E-state index in [9.17, 15) is 9.90 Å². The monoisotopic (exact) mass is 400 g/mol. The van der Waals surface area contributed by atoms with Crippen molar-refractivity contribution in [3.8, 4) is 0 Å². The number of hydrogen-bond donors (Lipinski definition) is 1. The predicted molar refractivity (Wildman–Crippen MR) is 109 cm³/mol. The highest BCUT2D eigenvalue weighted by Crippen LogP contribution is 2.42. The van der Waals surface area contributed by atoms with Crippen LogP contribution in [0.3, 0.4) is 0 Å². The number of aryl methyl sites for hydroxylation is 1. The highest BCUT2D eigenvalue weighted by molar-refractivity contribution is 7.13. The van der Waals surface area contributed by atoms with Crippen LogP contribution < -0.4 is 0 Å². The van der Waals surface area contributed by atoms with Crippen LogP contribution in [0.25, 0.3) is 0 Å². The molecule has 2 rings (SSSR count). The fourth-order valence-corrected chi connectivity index (χ4v) is 5.62.